The molecule has 0 bridgehead atoms. The Kier molecular flexibility index (Phi) is 5.44. The van der Waals surface area contributed by atoms with Crippen LogP contribution in [0.3, 0.4) is 0 Å². The van der Waals surface area contributed by atoms with E-state index in [0.29, 0.717) is 11.5 Å². The minimum absolute atomic E-state index is 0.348. The van der Waals surface area contributed by atoms with Crippen molar-refractivity contribution in [1.29, 1.82) is 0 Å². The van der Waals surface area contributed by atoms with Crippen LogP contribution in [0, 0.1) is 5.41 Å². The fraction of sp³-hybridized carbons (Fsp3) is 1.00. The summed E-state index contributed by atoms with van der Waals surface area (Å²) in [6.45, 7) is 7.23. The van der Waals surface area contributed by atoms with Crippen molar-refractivity contribution in [2.45, 2.75) is 39.2 Å². The monoisotopic (exact) mass is 231 g/mol. The molecule has 0 aliphatic heterocycles. The Bertz CT molecular complexity index is 175. The van der Waals surface area contributed by atoms with Gasteiger partial charge in [-0.2, -0.15) is 12.6 Å². The predicted octanol–water partition coefficient (Wildman–Crippen LogP) is 2.44. The molecule has 0 aromatic heterocycles. The van der Waals surface area contributed by atoms with Crippen LogP contribution >= 0.6 is 12.6 Å². The van der Waals surface area contributed by atoms with Gasteiger partial charge in [-0.3, -0.25) is 0 Å². The Labute approximate surface area is 99.8 Å². The lowest BCUT2D eigenvalue weighted by molar-refractivity contribution is 0.0443. The molecule has 1 saturated carbocycles. The molecule has 1 fully saturated rings. The molecule has 0 aromatic rings. The van der Waals surface area contributed by atoms with E-state index in [0.717, 1.165) is 18.9 Å². The van der Waals surface area contributed by atoms with E-state index in [2.05, 4.69) is 38.4 Å². The molecule has 15 heavy (non-hydrogen) atoms. The maximum Gasteiger partial charge on any atom is 0.0596 e. The summed E-state index contributed by atoms with van der Waals surface area (Å²) in [5.41, 5.74) is 0.510. The second-order valence-electron chi connectivity index (χ2n) is 5.17. The Morgan fingerprint density at radius 3 is 2.47 bits per heavy atom. The van der Waals surface area contributed by atoms with Gasteiger partial charge >= 0.3 is 0 Å². The minimum atomic E-state index is 0.348. The van der Waals surface area contributed by atoms with Gasteiger partial charge in [0.1, 0.15) is 0 Å². The third kappa shape index (κ3) is 4.33. The third-order valence-corrected chi connectivity index (χ3v) is 3.95. The molecule has 0 heterocycles. The second-order valence-corrected chi connectivity index (χ2v) is 5.49. The molecule has 0 N–H and O–H groups in total. The van der Waals surface area contributed by atoms with E-state index in [-0.39, 0.29) is 0 Å². The summed E-state index contributed by atoms with van der Waals surface area (Å²) in [4.78, 5) is 2.39. The first-order valence-corrected chi connectivity index (χ1v) is 6.62. The fourth-order valence-corrected chi connectivity index (χ4v) is 2.56. The van der Waals surface area contributed by atoms with Crippen molar-refractivity contribution in [1.82, 2.24) is 4.90 Å². The second kappa shape index (κ2) is 6.12. The number of thiol groups is 1. The minimum Gasteiger partial charge on any atom is -0.377 e. The zero-order valence-corrected chi connectivity index (χ0v) is 11.2. The molecule has 0 radical (unpaired) electrons. The van der Waals surface area contributed by atoms with E-state index < -0.39 is 0 Å². The largest absolute Gasteiger partial charge is 0.377 e. The van der Waals surface area contributed by atoms with Crippen LogP contribution in [-0.4, -0.2) is 43.5 Å². The molecule has 1 aliphatic carbocycles. The lowest BCUT2D eigenvalue weighted by atomic mass is 9.70. The molecular formula is C12H25NOS. The average Bonchev–Trinajstić information content (AvgIpc) is 2.11. The molecule has 90 valence electrons. The van der Waals surface area contributed by atoms with Gasteiger partial charge in [-0.1, -0.05) is 6.42 Å². The number of hydrogen-bond acceptors (Lipinski definition) is 3. The van der Waals surface area contributed by atoms with Gasteiger partial charge in [0, 0.05) is 13.1 Å². The van der Waals surface area contributed by atoms with Gasteiger partial charge in [-0.15, -0.1) is 0 Å². The molecule has 0 amide bonds. The molecule has 0 atom stereocenters. The summed E-state index contributed by atoms with van der Waals surface area (Å²) in [5.74, 6) is 1.03. The van der Waals surface area contributed by atoms with Crippen molar-refractivity contribution in [2.24, 2.45) is 5.41 Å². The van der Waals surface area contributed by atoms with Gasteiger partial charge in [-0.05, 0) is 44.9 Å². The van der Waals surface area contributed by atoms with E-state index in [4.69, 9.17) is 4.74 Å². The van der Waals surface area contributed by atoms with E-state index in [1.54, 1.807) is 0 Å². The van der Waals surface area contributed by atoms with Crippen LogP contribution in [0.15, 0.2) is 0 Å². The Hall–Kier alpha value is 0.270. The molecule has 1 aliphatic rings. The summed E-state index contributed by atoms with van der Waals surface area (Å²) < 4.78 is 5.55. The number of nitrogens with zero attached hydrogens (tertiary/aromatic N) is 1. The summed E-state index contributed by atoms with van der Waals surface area (Å²) in [6.07, 6.45) is 4.44. The molecule has 3 heteroatoms. The first-order valence-electron chi connectivity index (χ1n) is 5.99. The highest BCUT2D eigenvalue weighted by Gasteiger charge is 2.36. The SMILES string of the molecule is CC(C)OCCN(C)CC1(CS)CCC1. The lowest BCUT2D eigenvalue weighted by Crippen LogP contribution is -2.43. The first kappa shape index (κ1) is 13.3. The van der Waals surface area contributed by atoms with Crippen molar-refractivity contribution < 1.29 is 4.74 Å². The summed E-state index contributed by atoms with van der Waals surface area (Å²) in [5, 5.41) is 0. The molecule has 0 aromatic carbocycles. The maximum absolute atomic E-state index is 5.55. The predicted molar refractivity (Wildman–Crippen MR) is 68.7 cm³/mol. The smallest absolute Gasteiger partial charge is 0.0596 e. The number of ether oxygens (including phenoxy) is 1. The summed E-state index contributed by atoms with van der Waals surface area (Å²) >= 11 is 4.47. The topological polar surface area (TPSA) is 12.5 Å². The maximum atomic E-state index is 5.55. The van der Waals surface area contributed by atoms with E-state index in [1.807, 2.05) is 0 Å². The van der Waals surface area contributed by atoms with E-state index in [9.17, 15) is 0 Å². The zero-order valence-electron chi connectivity index (χ0n) is 10.3. The molecule has 0 saturated heterocycles. The van der Waals surface area contributed by atoms with Crippen molar-refractivity contribution >= 4 is 12.6 Å². The molecule has 0 unspecified atom stereocenters. The molecular weight excluding hydrogens is 206 g/mol. The van der Waals surface area contributed by atoms with E-state index >= 15 is 0 Å². The van der Waals surface area contributed by atoms with Gasteiger partial charge in [-0.25, -0.2) is 0 Å². The van der Waals surface area contributed by atoms with Crippen LogP contribution in [0.5, 0.6) is 0 Å². The Balaban J connectivity index is 2.14. The quantitative estimate of drug-likeness (QED) is 0.676. The average molecular weight is 231 g/mol. The number of likely N-dealkylation sites (N-methyl/N-ethyl adjacent to an activating group) is 1. The Morgan fingerprint density at radius 2 is 2.07 bits per heavy atom. The highest BCUT2D eigenvalue weighted by molar-refractivity contribution is 7.80. The molecule has 0 spiro atoms. The van der Waals surface area contributed by atoms with Crippen molar-refractivity contribution in [3.63, 3.8) is 0 Å². The fourth-order valence-electron chi connectivity index (χ4n) is 2.14. The standard InChI is InChI=1S/C12H25NOS/c1-11(2)14-8-7-13(3)9-12(10-15)5-4-6-12/h11,15H,4-10H2,1-3H3. The van der Waals surface area contributed by atoms with Crippen molar-refractivity contribution in [3.05, 3.63) is 0 Å². The Morgan fingerprint density at radius 1 is 1.40 bits per heavy atom. The van der Waals surface area contributed by atoms with Crippen LogP contribution in [0.25, 0.3) is 0 Å². The number of hydrogen-bond donors (Lipinski definition) is 1. The zero-order chi connectivity index (χ0) is 11.3. The lowest BCUT2D eigenvalue weighted by Gasteiger charge is -2.43. The van der Waals surface area contributed by atoms with Gasteiger partial charge in [0.25, 0.3) is 0 Å². The highest BCUT2D eigenvalue weighted by Crippen LogP contribution is 2.42. The molecule has 1 rings (SSSR count). The summed E-state index contributed by atoms with van der Waals surface area (Å²) in [6, 6.07) is 0. The van der Waals surface area contributed by atoms with Gasteiger partial charge < -0.3 is 9.64 Å². The normalized spacial score (nSPS) is 19.6. The van der Waals surface area contributed by atoms with Gasteiger partial charge in [0.2, 0.25) is 0 Å². The summed E-state index contributed by atoms with van der Waals surface area (Å²) in [7, 11) is 2.19. The van der Waals surface area contributed by atoms with Gasteiger partial charge in [0.15, 0.2) is 0 Å². The van der Waals surface area contributed by atoms with E-state index in [1.165, 1.54) is 25.8 Å². The van der Waals surface area contributed by atoms with Crippen LogP contribution in [0.2, 0.25) is 0 Å². The van der Waals surface area contributed by atoms with Crippen molar-refractivity contribution in [3.8, 4) is 0 Å². The van der Waals surface area contributed by atoms with Crippen LogP contribution in [0.4, 0.5) is 0 Å². The first-order chi connectivity index (χ1) is 7.08. The van der Waals surface area contributed by atoms with Crippen LogP contribution < -0.4 is 0 Å². The third-order valence-electron chi connectivity index (χ3n) is 3.28. The molecule has 2 nitrogen and oxygen atoms in total. The highest BCUT2D eigenvalue weighted by atomic mass is 32.1. The van der Waals surface area contributed by atoms with Crippen molar-refractivity contribution in [2.75, 3.05) is 32.5 Å². The van der Waals surface area contributed by atoms with Gasteiger partial charge in [0.05, 0.1) is 12.7 Å². The number of rotatable bonds is 7. The van der Waals surface area contributed by atoms with Crippen LogP contribution in [0.1, 0.15) is 33.1 Å². The van der Waals surface area contributed by atoms with Crippen LogP contribution in [-0.2, 0) is 4.74 Å².